The van der Waals surface area contributed by atoms with Crippen molar-refractivity contribution in [2.75, 3.05) is 18.8 Å². The molecule has 2 aliphatic rings. The number of anilines is 1. The van der Waals surface area contributed by atoms with Gasteiger partial charge in [-0.25, -0.2) is 0 Å². The number of carbonyl (C=O) groups is 1. The molecule has 1 saturated heterocycles. The van der Waals surface area contributed by atoms with Crippen molar-refractivity contribution in [2.24, 2.45) is 5.41 Å². The van der Waals surface area contributed by atoms with Gasteiger partial charge >= 0.3 is 0 Å². The highest BCUT2D eigenvalue weighted by Crippen LogP contribution is 2.56. The van der Waals surface area contributed by atoms with E-state index in [2.05, 4.69) is 53.2 Å². The Labute approximate surface area is 202 Å². The van der Waals surface area contributed by atoms with Crippen LogP contribution in [0.15, 0.2) is 10.7 Å². The van der Waals surface area contributed by atoms with Crippen LogP contribution in [0.4, 0.5) is 5.69 Å². The Balaban J connectivity index is 0.000000913. The quantitative estimate of drug-likeness (QED) is 0.287. The lowest BCUT2D eigenvalue weighted by atomic mass is 9.59. The monoisotopic (exact) mass is 523 g/mol. The first-order valence-corrected chi connectivity index (χ1v) is 11.7. The Morgan fingerprint density at radius 1 is 1.31 bits per heavy atom. The largest absolute Gasteiger partial charge is 0.483 e. The van der Waals surface area contributed by atoms with E-state index in [0.717, 1.165) is 39.8 Å². The summed E-state index contributed by atoms with van der Waals surface area (Å²) in [6.45, 7) is 13.0. The minimum atomic E-state index is -0.250. The first-order valence-electron chi connectivity index (χ1n) is 10.6. The van der Waals surface area contributed by atoms with Crippen LogP contribution in [0, 0.1) is 24.7 Å². The number of halogens is 2. The Morgan fingerprint density at radius 2 is 1.88 bits per heavy atom. The fourth-order valence-electron chi connectivity index (χ4n) is 4.97. The van der Waals surface area contributed by atoms with Crippen molar-refractivity contribution in [3.05, 3.63) is 32.5 Å². The molecule has 7 nitrogen and oxygen atoms in total. The molecular weight excluding hydrogens is 494 g/mol. The number of likely N-dealkylation sites (tertiary alicyclic amines) is 1. The van der Waals surface area contributed by atoms with Crippen molar-refractivity contribution >= 4 is 45.9 Å². The number of rotatable bonds is 3. The molecule has 0 bridgehead atoms. The second kappa shape index (κ2) is 8.80. The van der Waals surface area contributed by atoms with Crippen molar-refractivity contribution in [1.29, 1.82) is 5.41 Å². The molecule has 2 fully saturated rings. The zero-order valence-electron chi connectivity index (χ0n) is 19.2. The molecule has 1 aliphatic carbocycles. The molecule has 0 radical (unpaired) electrons. The summed E-state index contributed by atoms with van der Waals surface area (Å²) in [6, 6.07) is 2.24. The molecule has 0 atom stereocenters. The van der Waals surface area contributed by atoms with Gasteiger partial charge in [-0.15, -0.1) is 0 Å². The molecule has 4 N–H and O–H groups in total. The summed E-state index contributed by atoms with van der Waals surface area (Å²) < 4.78 is 2.91. The minimum Gasteiger partial charge on any atom is -0.483 e. The molecule has 32 heavy (non-hydrogen) atoms. The number of aromatic nitrogens is 2. The smallest absolute Gasteiger partial charge is 0.290 e. The number of carboxylic acid groups (broad SMARTS) is 1. The number of aryl methyl sites for hydroxylation is 1. The third-order valence-corrected chi connectivity index (χ3v) is 7.75. The Morgan fingerprint density at radius 3 is 2.38 bits per heavy atom. The van der Waals surface area contributed by atoms with Crippen LogP contribution in [0.1, 0.15) is 56.5 Å². The summed E-state index contributed by atoms with van der Waals surface area (Å²) in [5.74, 6) is 0. The fraction of sp³-hybridized carbons (Fsp3) is 0.522. The van der Waals surface area contributed by atoms with Gasteiger partial charge in [-0.3, -0.25) is 14.4 Å². The van der Waals surface area contributed by atoms with E-state index in [1.165, 1.54) is 19.3 Å². The summed E-state index contributed by atoms with van der Waals surface area (Å²) >= 11 is 10.3. The van der Waals surface area contributed by atoms with E-state index in [-0.39, 0.29) is 12.0 Å². The number of nitrogens with one attached hydrogen (secondary N) is 1. The molecule has 9 heteroatoms. The molecular formula is C23H31BrClN5O2. The maximum atomic E-state index is 8.36. The summed E-state index contributed by atoms with van der Waals surface area (Å²) in [6.07, 6.45) is 3.61. The summed E-state index contributed by atoms with van der Waals surface area (Å²) in [5, 5.41) is 20.2. The van der Waals surface area contributed by atoms with Crippen LogP contribution in [-0.2, 0) is 4.79 Å². The van der Waals surface area contributed by atoms with Gasteiger partial charge in [0, 0.05) is 52.9 Å². The maximum absolute atomic E-state index is 8.36. The van der Waals surface area contributed by atoms with Gasteiger partial charge in [-0.1, -0.05) is 11.6 Å². The summed E-state index contributed by atoms with van der Waals surface area (Å²) in [5.41, 5.74) is 11.8. The van der Waals surface area contributed by atoms with Crippen LogP contribution < -0.4 is 5.73 Å². The van der Waals surface area contributed by atoms with Crippen molar-refractivity contribution in [2.45, 2.75) is 59.0 Å². The van der Waals surface area contributed by atoms with Gasteiger partial charge in [0.05, 0.1) is 11.1 Å². The topological polar surface area (TPSA) is 108 Å². The third kappa shape index (κ3) is 4.20. The number of benzene rings is 1. The second-order valence-electron chi connectivity index (χ2n) is 9.92. The summed E-state index contributed by atoms with van der Waals surface area (Å²) in [4.78, 5) is 10.9. The molecule has 1 aliphatic heterocycles. The Hall–Kier alpha value is -1.90. The zero-order chi connectivity index (χ0) is 24.0. The van der Waals surface area contributed by atoms with E-state index in [4.69, 9.17) is 37.7 Å². The van der Waals surface area contributed by atoms with E-state index in [1.54, 1.807) is 0 Å². The molecule has 2 heterocycles. The van der Waals surface area contributed by atoms with Gasteiger partial charge in [-0.2, -0.15) is 5.10 Å². The van der Waals surface area contributed by atoms with Crippen LogP contribution >= 0.6 is 27.5 Å². The van der Waals surface area contributed by atoms with Gasteiger partial charge in [0.1, 0.15) is 4.60 Å². The fourth-order valence-corrected chi connectivity index (χ4v) is 5.87. The van der Waals surface area contributed by atoms with E-state index in [9.17, 15) is 0 Å². The normalized spacial score (nSPS) is 17.8. The van der Waals surface area contributed by atoms with Crippen molar-refractivity contribution in [3.63, 3.8) is 0 Å². The summed E-state index contributed by atoms with van der Waals surface area (Å²) in [7, 11) is 0. The molecule has 0 unspecified atom stereocenters. The van der Waals surface area contributed by atoms with Gasteiger partial charge in [0.25, 0.3) is 6.47 Å². The lowest BCUT2D eigenvalue weighted by molar-refractivity contribution is -0.127. The number of hydrogen-bond donors (Lipinski definition) is 3. The van der Waals surface area contributed by atoms with Gasteiger partial charge < -0.3 is 16.2 Å². The first kappa shape index (κ1) is 24.7. The lowest BCUT2D eigenvalue weighted by Gasteiger charge is -2.62. The lowest BCUT2D eigenvalue weighted by Crippen LogP contribution is -2.67. The maximum Gasteiger partial charge on any atom is 0.290 e. The molecule has 1 aromatic heterocycles. The van der Waals surface area contributed by atoms with Crippen LogP contribution in [0.25, 0.3) is 11.1 Å². The van der Waals surface area contributed by atoms with Crippen LogP contribution in [-0.4, -0.2) is 51.1 Å². The predicted molar refractivity (Wildman–Crippen MR) is 133 cm³/mol. The van der Waals surface area contributed by atoms with Crippen molar-refractivity contribution < 1.29 is 9.90 Å². The Kier molecular flexibility index (Phi) is 6.80. The molecule has 2 aromatic rings. The van der Waals surface area contributed by atoms with Crippen molar-refractivity contribution in [3.8, 4) is 11.1 Å². The van der Waals surface area contributed by atoms with Gasteiger partial charge in [0.15, 0.2) is 0 Å². The number of nitrogens with zero attached hydrogens (tertiary/aromatic N) is 3. The second-order valence-corrected chi connectivity index (χ2v) is 11.0. The van der Waals surface area contributed by atoms with Gasteiger partial charge in [0.2, 0.25) is 0 Å². The molecule has 4 rings (SSSR count). The van der Waals surface area contributed by atoms with E-state index >= 15 is 0 Å². The van der Waals surface area contributed by atoms with Crippen LogP contribution in [0.2, 0.25) is 5.02 Å². The average molecular weight is 525 g/mol. The van der Waals surface area contributed by atoms with Gasteiger partial charge in [-0.05, 0) is 80.4 Å². The van der Waals surface area contributed by atoms with E-state index in [1.807, 2.05) is 13.0 Å². The van der Waals surface area contributed by atoms with E-state index < -0.39 is 0 Å². The predicted octanol–water partition coefficient (Wildman–Crippen LogP) is 5.30. The molecule has 1 spiro atoms. The first-order chi connectivity index (χ1) is 14.9. The number of nitrogen functional groups attached to an aromatic ring is 1. The molecule has 1 aromatic carbocycles. The molecule has 1 saturated carbocycles. The third-order valence-electron chi connectivity index (χ3n) is 6.70. The number of nitrogens with two attached hydrogens (primary N) is 1. The Bertz CT molecular complexity index is 1050. The molecule has 0 amide bonds. The number of hydrogen-bond acceptors (Lipinski definition) is 5. The minimum absolute atomic E-state index is 0.249. The highest BCUT2D eigenvalue weighted by Gasteiger charge is 2.55. The standard InChI is InChI=1S/C22H29BrClN5.CH2O2/c1-12-6-16(26)15(9-25)18(19(12)24)17-13(2)29(27-20(17)23)14-7-22(8-14)10-28(11-22)21(3,4)5;2-1-3/h6,9,14,25H,7-8,10-11,26H2,1-5H3;1H,(H,2,3). The van der Waals surface area contributed by atoms with Crippen LogP contribution in [0.5, 0.6) is 0 Å². The highest BCUT2D eigenvalue weighted by molar-refractivity contribution is 9.10. The van der Waals surface area contributed by atoms with E-state index in [0.29, 0.717) is 27.7 Å². The average Bonchev–Trinajstić information content (AvgIpc) is 2.89. The highest BCUT2D eigenvalue weighted by atomic mass is 79.9. The van der Waals surface area contributed by atoms with Crippen molar-refractivity contribution in [1.82, 2.24) is 14.7 Å². The SMILES string of the molecule is Cc1cc(N)c(C=N)c(-c2c(Br)nn(C3CC4(C3)CN(C(C)(C)C)C4)c2C)c1Cl.O=CO. The molecule has 174 valence electrons. The zero-order valence-corrected chi connectivity index (χ0v) is 21.5. The van der Waals surface area contributed by atoms with Crippen LogP contribution in [0.3, 0.4) is 0 Å².